The van der Waals surface area contributed by atoms with E-state index in [1.165, 1.54) is 27.8 Å². The summed E-state index contributed by atoms with van der Waals surface area (Å²) in [7, 11) is 0. The standard InChI is InChI=1S/C21H19FN10O4/c1-10(2)30-8-12-18(21(30)36)31(9-16(33)25-14-4-3-11(22)6-23-14)17-5-15(28-32(17)20(12)35)26-19(34)13-7-24-29-27-13/h3-7,10H,8-9H2,1-2H3,(H,23,25,33)(H,24,27,29)(H,26,28,34). The second kappa shape index (κ2) is 8.68. The summed E-state index contributed by atoms with van der Waals surface area (Å²) < 4.78 is 15.6. The zero-order chi connectivity index (χ0) is 25.6. The van der Waals surface area contributed by atoms with Crippen LogP contribution in [0.4, 0.5) is 16.0 Å². The number of fused-ring (bicyclic) bond motifs is 2. The van der Waals surface area contributed by atoms with Gasteiger partial charge in [0.1, 0.15) is 35.2 Å². The minimum Gasteiger partial charge on any atom is -0.330 e. The fraction of sp³-hybridized carbons (Fsp3) is 0.238. The highest BCUT2D eigenvalue weighted by molar-refractivity contribution is 6.02. The number of nitrogens with zero attached hydrogens (tertiary/aromatic N) is 7. The van der Waals surface area contributed by atoms with Crippen LogP contribution >= 0.6 is 0 Å². The molecule has 0 saturated carbocycles. The minimum absolute atomic E-state index is 0.0119. The Morgan fingerprint density at radius 3 is 2.64 bits per heavy atom. The summed E-state index contributed by atoms with van der Waals surface area (Å²) >= 11 is 0. The topological polar surface area (TPSA) is 172 Å². The monoisotopic (exact) mass is 494 g/mol. The van der Waals surface area contributed by atoms with Crippen LogP contribution < -0.4 is 16.2 Å². The summed E-state index contributed by atoms with van der Waals surface area (Å²) in [6.07, 6.45) is 2.17. The number of aromatic amines is 1. The van der Waals surface area contributed by atoms with E-state index in [-0.39, 0.29) is 53.4 Å². The number of hydrogen-bond acceptors (Lipinski definition) is 8. The molecule has 0 unspecified atom stereocenters. The van der Waals surface area contributed by atoms with E-state index < -0.39 is 29.1 Å². The zero-order valence-electron chi connectivity index (χ0n) is 19.0. The van der Waals surface area contributed by atoms with Crippen LogP contribution in [0.25, 0.3) is 5.65 Å². The largest absolute Gasteiger partial charge is 0.330 e. The lowest BCUT2D eigenvalue weighted by Crippen LogP contribution is -2.32. The van der Waals surface area contributed by atoms with Crippen LogP contribution in [0.5, 0.6) is 0 Å². The van der Waals surface area contributed by atoms with Crippen molar-refractivity contribution in [3.05, 3.63) is 63.7 Å². The molecule has 4 aromatic heterocycles. The van der Waals surface area contributed by atoms with E-state index in [9.17, 15) is 23.6 Å². The summed E-state index contributed by atoms with van der Waals surface area (Å²) in [5.41, 5.74) is -0.139. The first-order valence-electron chi connectivity index (χ1n) is 10.8. The number of halogens is 1. The van der Waals surface area contributed by atoms with Crippen LogP contribution in [0.15, 0.2) is 35.4 Å². The summed E-state index contributed by atoms with van der Waals surface area (Å²) in [4.78, 5) is 57.0. The first kappa shape index (κ1) is 22.8. The SMILES string of the molecule is CC(C)N1Cc2c(n(CC(=O)Nc3ccc(F)cn3)c3cc(NC(=O)c4cnn[nH]4)nn3c2=O)C1=O. The Kier molecular flexibility index (Phi) is 5.50. The van der Waals surface area contributed by atoms with Gasteiger partial charge < -0.3 is 20.1 Å². The van der Waals surface area contributed by atoms with Gasteiger partial charge in [0.2, 0.25) is 5.91 Å². The fourth-order valence-electron chi connectivity index (χ4n) is 3.89. The number of pyridine rings is 1. The molecule has 3 amide bonds. The second-order valence-corrected chi connectivity index (χ2v) is 8.28. The molecular formula is C21H19FN10O4. The van der Waals surface area contributed by atoms with Gasteiger partial charge in [0.15, 0.2) is 5.82 Å². The molecule has 0 saturated heterocycles. The number of carbonyl (C=O) groups is 3. The highest BCUT2D eigenvalue weighted by atomic mass is 19.1. The maximum Gasteiger partial charge on any atom is 0.280 e. The predicted molar refractivity (Wildman–Crippen MR) is 122 cm³/mol. The van der Waals surface area contributed by atoms with E-state index in [4.69, 9.17) is 0 Å². The van der Waals surface area contributed by atoms with E-state index in [1.54, 1.807) is 0 Å². The number of amides is 3. The highest BCUT2D eigenvalue weighted by Gasteiger charge is 2.36. The average Bonchev–Trinajstić information content (AvgIpc) is 3.57. The fourth-order valence-corrected chi connectivity index (χ4v) is 3.89. The molecule has 1 aliphatic rings. The van der Waals surface area contributed by atoms with Gasteiger partial charge in [-0.3, -0.25) is 24.3 Å². The molecule has 5 rings (SSSR count). The molecule has 184 valence electrons. The molecule has 0 fully saturated rings. The third-order valence-corrected chi connectivity index (χ3v) is 5.59. The van der Waals surface area contributed by atoms with E-state index in [0.717, 1.165) is 16.8 Å². The Morgan fingerprint density at radius 1 is 1.17 bits per heavy atom. The molecule has 15 heteroatoms. The van der Waals surface area contributed by atoms with Crippen LogP contribution in [0, 0.1) is 5.82 Å². The number of aromatic nitrogens is 7. The Labute approximate surface area is 201 Å². The van der Waals surface area contributed by atoms with Gasteiger partial charge in [-0.1, -0.05) is 5.21 Å². The molecule has 0 radical (unpaired) electrons. The first-order chi connectivity index (χ1) is 17.2. The van der Waals surface area contributed by atoms with E-state index >= 15 is 0 Å². The molecule has 36 heavy (non-hydrogen) atoms. The summed E-state index contributed by atoms with van der Waals surface area (Å²) in [5.74, 6) is -2.03. The van der Waals surface area contributed by atoms with E-state index in [2.05, 4.69) is 36.1 Å². The van der Waals surface area contributed by atoms with Crippen molar-refractivity contribution in [1.29, 1.82) is 0 Å². The van der Waals surface area contributed by atoms with Crippen LogP contribution in [-0.2, 0) is 17.9 Å². The summed E-state index contributed by atoms with van der Waals surface area (Å²) in [5, 5.41) is 18.7. The first-order valence-corrected chi connectivity index (χ1v) is 10.8. The van der Waals surface area contributed by atoms with Gasteiger partial charge in [-0.2, -0.15) is 4.52 Å². The third kappa shape index (κ3) is 3.95. The van der Waals surface area contributed by atoms with Gasteiger partial charge in [-0.05, 0) is 26.0 Å². The van der Waals surface area contributed by atoms with E-state index in [0.29, 0.717) is 0 Å². The van der Waals surface area contributed by atoms with Crippen LogP contribution in [0.3, 0.4) is 0 Å². The minimum atomic E-state index is -0.600. The second-order valence-electron chi connectivity index (χ2n) is 8.28. The van der Waals surface area contributed by atoms with Gasteiger partial charge in [-0.15, -0.1) is 10.2 Å². The number of carbonyl (C=O) groups excluding carboxylic acids is 3. The van der Waals surface area contributed by atoms with Crippen molar-refractivity contribution in [3.8, 4) is 0 Å². The van der Waals surface area contributed by atoms with Crippen molar-refractivity contribution in [3.63, 3.8) is 0 Å². The number of H-pyrrole nitrogens is 1. The molecule has 1 aliphatic heterocycles. The molecule has 4 aromatic rings. The molecule has 0 spiro atoms. The molecule has 0 atom stereocenters. The lowest BCUT2D eigenvalue weighted by molar-refractivity contribution is -0.116. The highest BCUT2D eigenvalue weighted by Crippen LogP contribution is 2.25. The summed E-state index contributed by atoms with van der Waals surface area (Å²) in [6, 6.07) is 3.61. The quantitative estimate of drug-likeness (QED) is 0.346. The number of anilines is 2. The van der Waals surface area contributed by atoms with Crippen LogP contribution in [0.2, 0.25) is 0 Å². The number of rotatable bonds is 6. The van der Waals surface area contributed by atoms with Gasteiger partial charge in [-0.25, -0.2) is 9.37 Å². The molecule has 0 bridgehead atoms. The normalized spacial score (nSPS) is 12.9. The average molecular weight is 494 g/mol. The van der Waals surface area contributed by atoms with E-state index in [1.807, 2.05) is 13.8 Å². The van der Waals surface area contributed by atoms with Crippen molar-refractivity contribution in [2.45, 2.75) is 33.0 Å². The smallest absolute Gasteiger partial charge is 0.280 e. The third-order valence-electron chi connectivity index (χ3n) is 5.59. The Hall–Kier alpha value is -4.95. The van der Waals surface area contributed by atoms with Crippen molar-refractivity contribution in [2.24, 2.45) is 0 Å². The lowest BCUT2D eigenvalue weighted by Gasteiger charge is -2.20. The van der Waals surface area contributed by atoms with Crippen molar-refractivity contribution in [1.82, 2.24) is 39.5 Å². The molecule has 5 heterocycles. The van der Waals surface area contributed by atoms with Crippen LogP contribution in [-0.4, -0.2) is 63.2 Å². The lowest BCUT2D eigenvalue weighted by atomic mass is 10.2. The maximum absolute atomic E-state index is 13.2. The Bertz CT molecular complexity index is 1560. The van der Waals surface area contributed by atoms with Crippen molar-refractivity contribution >= 4 is 35.0 Å². The predicted octanol–water partition coefficient (Wildman–Crippen LogP) is 0.403. The Morgan fingerprint density at radius 2 is 1.97 bits per heavy atom. The van der Waals surface area contributed by atoms with Gasteiger partial charge in [0, 0.05) is 12.1 Å². The molecule has 0 aliphatic carbocycles. The zero-order valence-corrected chi connectivity index (χ0v) is 19.0. The van der Waals surface area contributed by atoms with Crippen LogP contribution in [0.1, 0.15) is 40.4 Å². The van der Waals surface area contributed by atoms with Gasteiger partial charge in [0.25, 0.3) is 17.4 Å². The molecule has 0 aromatic carbocycles. The molecule has 14 nitrogen and oxygen atoms in total. The van der Waals surface area contributed by atoms with Gasteiger partial charge in [0.05, 0.1) is 24.5 Å². The maximum atomic E-state index is 13.2. The summed E-state index contributed by atoms with van der Waals surface area (Å²) in [6.45, 7) is 3.29. The number of hydrogen-bond donors (Lipinski definition) is 3. The Balaban J connectivity index is 1.56. The van der Waals surface area contributed by atoms with Crippen molar-refractivity contribution in [2.75, 3.05) is 10.6 Å². The molecular weight excluding hydrogens is 475 g/mol. The number of nitrogens with one attached hydrogen (secondary N) is 3. The van der Waals surface area contributed by atoms with Gasteiger partial charge >= 0.3 is 0 Å². The van der Waals surface area contributed by atoms with Crippen molar-refractivity contribution < 1.29 is 18.8 Å². The molecule has 3 N–H and O–H groups in total.